The average Bonchev–Trinajstić information content (AvgIpc) is 2.57. The van der Waals surface area contributed by atoms with Crippen LogP contribution in [-0.4, -0.2) is 29.5 Å². The summed E-state index contributed by atoms with van der Waals surface area (Å²) in [4.78, 5) is 0. The van der Waals surface area contributed by atoms with Crippen molar-refractivity contribution in [3.05, 3.63) is 11.8 Å². The quantitative estimate of drug-likeness (QED) is 0.773. The van der Waals surface area contributed by atoms with Gasteiger partial charge in [-0.1, -0.05) is 13.3 Å². The molecule has 0 aliphatic rings. The first-order valence-electron chi connectivity index (χ1n) is 5.95. The maximum atomic E-state index is 5.04. The van der Waals surface area contributed by atoms with Gasteiger partial charge in [-0.2, -0.15) is 5.10 Å². The monoisotopic (exact) mass is 225 g/mol. The molecule has 0 saturated heterocycles. The smallest absolute Gasteiger partial charge is 0.124 e. The van der Waals surface area contributed by atoms with E-state index in [0.29, 0.717) is 6.04 Å². The van der Waals surface area contributed by atoms with Gasteiger partial charge in [0, 0.05) is 32.7 Å². The minimum atomic E-state index is 0.496. The number of ether oxygens (including phenoxy) is 1. The highest BCUT2D eigenvalue weighted by atomic mass is 16.5. The summed E-state index contributed by atoms with van der Waals surface area (Å²) in [5.41, 5.74) is 1.08. The van der Waals surface area contributed by atoms with Crippen LogP contribution in [0.4, 0.5) is 5.82 Å². The Kier molecular flexibility index (Phi) is 5.32. The van der Waals surface area contributed by atoms with Crippen LogP contribution in [0.15, 0.2) is 6.07 Å². The first-order valence-corrected chi connectivity index (χ1v) is 5.95. The van der Waals surface area contributed by atoms with E-state index in [2.05, 4.69) is 30.3 Å². The predicted molar refractivity (Wildman–Crippen MR) is 66.8 cm³/mol. The Morgan fingerprint density at radius 1 is 1.56 bits per heavy atom. The molecule has 0 aromatic carbocycles. The Balaban J connectivity index is 2.55. The van der Waals surface area contributed by atoms with Crippen LogP contribution in [-0.2, 0) is 18.2 Å². The number of anilines is 1. The highest BCUT2D eigenvalue weighted by molar-refractivity contribution is 5.37. The van der Waals surface area contributed by atoms with E-state index >= 15 is 0 Å². The van der Waals surface area contributed by atoms with Crippen molar-refractivity contribution in [1.82, 2.24) is 9.78 Å². The van der Waals surface area contributed by atoms with Crippen molar-refractivity contribution in [3.8, 4) is 0 Å². The summed E-state index contributed by atoms with van der Waals surface area (Å²) in [6, 6.07) is 2.60. The largest absolute Gasteiger partial charge is 0.384 e. The van der Waals surface area contributed by atoms with Crippen molar-refractivity contribution in [2.24, 2.45) is 7.05 Å². The van der Waals surface area contributed by atoms with Gasteiger partial charge in [0.2, 0.25) is 0 Å². The summed E-state index contributed by atoms with van der Waals surface area (Å²) >= 11 is 0. The molecular formula is C12H23N3O. The molecule has 0 saturated carbocycles. The Morgan fingerprint density at radius 3 is 2.94 bits per heavy atom. The van der Waals surface area contributed by atoms with Gasteiger partial charge in [0.1, 0.15) is 5.82 Å². The van der Waals surface area contributed by atoms with Crippen LogP contribution in [0.25, 0.3) is 0 Å². The maximum Gasteiger partial charge on any atom is 0.124 e. The summed E-state index contributed by atoms with van der Waals surface area (Å²) in [7, 11) is 3.68. The minimum absolute atomic E-state index is 0.496. The van der Waals surface area contributed by atoms with E-state index in [-0.39, 0.29) is 0 Å². The topological polar surface area (TPSA) is 39.1 Å². The van der Waals surface area contributed by atoms with Gasteiger partial charge in [0.25, 0.3) is 0 Å². The van der Waals surface area contributed by atoms with Gasteiger partial charge in [-0.15, -0.1) is 0 Å². The van der Waals surface area contributed by atoms with Crippen LogP contribution in [0.5, 0.6) is 0 Å². The average molecular weight is 225 g/mol. The fraction of sp³-hybridized carbons (Fsp3) is 0.750. The van der Waals surface area contributed by atoms with Crippen molar-refractivity contribution in [2.75, 3.05) is 19.0 Å². The lowest BCUT2D eigenvalue weighted by atomic mass is 10.2. The molecule has 1 unspecified atom stereocenters. The molecule has 4 nitrogen and oxygen atoms in total. The van der Waals surface area contributed by atoms with Gasteiger partial charge in [-0.05, 0) is 13.3 Å². The van der Waals surface area contributed by atoms with Crippen molar-refractivity contribution in [3.63, 3.8) is 0 Å². The third-order valence-corrected chi connectivity index (χ3v) is 2.61. The van der Waals surface area contributed by atoms with Gasteiger partial charge >= 0.3 is 0 Å². The standard InChI is InChI=1S/C12H23N3O/c1-5-6-10(2)13-12-9-11(7-8-16-4)14-15(12)3/h9-10,13H,5-8H2,1-4H3. The van der Waals surface area contributed by atoms with Gasteiger partial charge in [-0.25, -0.2) is 0 Å². The molecule has 0 aliphatic carbocycles. The molecule has 0 aliphatic heterocycles. The zero-order valence-electron chi connectivity index (χ0n) is 10.8. The number of hydrogen-bond acceptors (Lipinski definition) is 3. The molecule has 92 valence electrons. The van der Waals surface area contributed by atoms with E-state index < -0.39 is 0 Å². The molecule has 0 fully saturated rings. The SMILES string of the molecule is CCCC(C)Nc1cc(CCOC)nn1C. The van der Waals surface area contributed by atoms with Gasteiger partial charge in [0.05, 0.1) is 12.3 Å². The molecule has 1 N–H and O–H groups in total. The first-order chi connectivity index (χ1) is 7.67. The van der Waals surface area contributed by atoms with E-state index in [9.17, 15) is 0 Å². The van der Waals surface area contributed by atoms with Crippen LogP contribution in [0.3, 0.4) is 0 Å². The summed E-state index contributed by atoms with van der Waals surface area (Å²) in [6.07, 6.45) is 3.25. The van der Waals surface area contributed by atoms with E-state index in [1.54, 1.807) is 7.11 Å². The highest BCUT2D eigenvalue weighted by Crippen LogP contribution is 2.12. The van der Waals surface area contributed by atoms with Crippen molar-refractivity contribution in [1.29, 1.82) is 0 Å². The second kappa shape index (κ2) is 6.53. The highest BCUT2D eigenvalue weighted by Gasteiger charge is 2.07. The van der Waals surface area contributed by atoms with Crippen LogP contribution in [0, 0.1) is 0 Å². The number of methoxy groups -OCH3 is 1. The van der Waals surface area contributed by atoms with Gasteiger partial charge in [-0.3, -0.25) is 4.68 Å². The predicted octanol–water partition coefficient (Wildman–Crippen LogP) is 2.21. The van der Waals surface area contributed by atoms with Crippen LogP contribution < -0.4 is 5.32 Å². The summed E-state index contributed by atoms with van der Waals surface area (Å²) < 4.78 is 6.94. The van der Waals surface area contributed by atoms with Crippen molar-refractivity contribution >= 4 is 5.82 Å². The van der Waals surface area contributed by atoms with E-state index in [4.69, 9.17) is 4.74 Å². The van der Waals surface area contributed by atoms with Crippen LogP contribution >= 0.6 is 0 Å². The number of nitrogens with zero attached hydrogens (tertiary/aromatic N) is 2. The lowest BCUT2D eigenvalue weighted by molar-refractivity contribution is 0.201. The Labute approximate surface area is 98.0 Å². The van der Waals surface area contributed by atoms with E-state index in [0.717, 1.165) is 24.5 Å². The van der Waals surface area contributed by atoms with E-state index in [1.807, 2.05) is 11.7 Å². The molecule has 1 aromatic heterocycles. The zero-order chi connectivity index (χ0) is 12.0. The molecule has 1 atom stereocenters. The Hall–Kier alpha value is -1.03. The third-order valence-electron chi connectivity index (χ3n) is 2.61. The molecule has 4 heteroatoms. The fourth-order valence-corrected chi connectivity index (χ4v) is 1.75. The molecule has 16 heavy (non-hydrogen) atoms. The number of hydrogen-bond donors (Lipinski definition) is 1. The normalized spacial score (nSPS) is 12.8. The summed E-state index contributed by atoms with van der Waals surface area (Å²) in [6.45, 7) is 5.12. The van der Waals surface area contributed by atoms with Crippen molar-refractivity contribution in [2.45, 2.75) is 39.2 Å². The van der Waals surface area contributed by atoms with Crippen molar-refractivity contribution < 1.29 is 4.74 Å². The number of aromatic nitrogens is 2. The molecular weight excluding hydrogens is 202 g/mol. The van der Waals surface area contributed by atoms with Gasteiger partial charge in [0.15, 0.2) is 0 Å². The Morgan fingerprint density at radius 2 is 2.31 bits per heavy atom. The third kappa shape index (κ3) is 3.85. The second-order valence-corrected chi connectivity index (χ2v) is 4.22. The summed E-state index contributed by atoms with van der Waals surface area (Å²) in [5, 5.41) is 7.90. The van der Waals surface area contributed by atoms with Gasteiger partial charge < -0.3 is 10.1 Å². The molecule has 1 aromatic rings. The number of aryl methyl sites for hydroxylation is 1. The Bertz CT molecular complexity index is 309. The lowest BCUT2D eigenvalue weighted by Crippen LogP contribution is -2.16. The summed E-state index contributed by atoms with van der Waals surface area (Å²) in [5.74, 6) is 1.09. The number of nitrogens with one attached hydrogen (secondary N) is 1. The molecule has 1 rings (SSSR count). The second-order valence-electron chi connectivity index (χ2n) is 4.22. The molecule has 1 heterocycles. The lowest BCUT2D eigenvalue weighted by Gasteiger charge is -2.13. The zero-order valence-corrected chi connectivity index (χ0v) is 10.8. The fourth-order valence-electron chi connectivity index (χ4n) is 1.75. The molecule has 0 spiro atoms. The van der Waals surface area contributed by atoms with E-state index in [1.165, 1.54) is 12.8 Å². The van der Waals surface area contributed by atoms with Crippen LogP contribution in [0.2, 0.25) is 0 Å². The minimum Gasteiger partial charge on any atom is -0.384 e. The molecule has 0 bridgehead atoms. The first kappa shape index (κ1) is 13.0. The van der Waals surface area contributed by atoms with Crippen LogP contribution in [0.1, 0.15) is 32.4 Å². The maximum absolute atomic E-state index is 5.04. The molecule has 0 amide bonds. The number of rotatable bonds is 7. The molecule has 0 radical (unpaired) electrons.